The molecule has 0 heterocycles. The van der Waals surface area contributed by atoms with Crippen molar-refractivity contribution in [1.29, 1.82) is 0 Å². The molecule has 0 aromatic carbocycles. The maximum absolute atomic E-state index is 8.82. The van der Waals surface area contributed by atoms with Crippen molar-refractivity contribution >= 4 is 5.71 Å². The van der Waals surface area contributed by atoms with Crippen molar-refractivity contribution in [2.45, 2.75) is 33.6 Å². The monoisotopic (exact) mass is 167 g/mol. The van der Waals surface area contributed by atoms with Crippen LogP contribution in [0.15, 0.2) is 5.16 Å². The van der Waals surface area contributed by atoms with Gasteiger partial charge in [0.05, 0.1) is 5.71 Å². The summed E-state index contributed by atoms with van der Waals surface area (Å²) in [4.78, 5) is 0. The molecule has 3 fully saturated rings. The average molecular weight is 167 g/mol. The van der Waals surface area contributed by atoms with Crippen LogP contribution in [0.25, 0.3) is 0 Å². The molecule has 0 amide bonds. The Labute approximate surface area is 73.7 Å². The van der Waals surface area contributed by atoms with Crippen LogP contribution in [0.1, 0.15) is 33.6 Å². The highest BCUT2D eigenvalue weighted by molar-refractivity contribution is 5.89. The van der Waals surface area contributed by atoms with Crippen molar-refractivity contribution in [3.63, 3.8) is 0 Å². The van der Waals surface area contributed by atoms with Crippen molar-refractivity contribution in [2.24, 2.45) is 28.3 Å². The van der Waals surface area contributed by atoms with Gasteiger partial charge in [-0.25, -0.2) is 0 Å². The first-order valence-electron chi connectivity index (χ1n) is 4.78. The Balaban J connectivity index is 2.27. The fourth-order valence-corrected chi connectivity index (χ4v) is 3.22. The molecule has 0 aromatic heterocycles. The van der Waals surface area contributed by atoms with E-state index in [9.17, 15) is 0 Å². The summed E-state index contributed by atoms with van der Waals surface area (Å²) in [6, 6.07) is 0. The third kappa shape index (κ3) is 0.782. The number of hydrogen-bond donors (Lipinski definition) is 1. The molecule has 3 unspecified atom stereocenters. The molecule has 3 aliphatic carbocycles. The van der Waals surface area contributed by atoms with Crippen molar-refractivity contribution in [3.05, 3.63) is 0 Å². The fourth-order valence-electron chi connectivity index (χ4n) is 3.22. The largest absolute Gasteiger partial charge is 0.411 e. The zero-order valence-electron chi connectivity index (χ0n) is 8.04. The lowest BCUT2D eigenvalue weighted by atomic mass is 9.45. The van der Waals surface area contributed by atoms with Crippen LogP contribution in [0, 0.1) is 23.2 Å². The second-order valence-electron chi connectivity index (χ2n) is 4.99. The second kappa shape index (κ2) is 2.24. The number of fused-ring (bicyclic) bond motifs is 2. The van der Waals surface area contributed by atoms with E-state index in [1.807, 2.05) is 0 Å². The van der Waals surface area contributed by atoms with E-state index in [-0.39, 0.29) is 0 Å². The van der Waals surface area contributed by atoms with Crippen LogP contribution in [0.4, 0.5) is 0 Å². The summed E-state index contributed by atoms with van der Waals surface area (Å²) in [5.41, 5.74) is 1.43. The predicted octanol–water partition coefficient (Wildman–Crippen LogP) is 2.52. The van der Waals surface area contributed by atoms with Crippen molar-refractivity contribution in [1.82, 2.24) is 0 Å². The van der Waals surface area contributed by atoms with E-state index in [2.05, 4.69) is 25.9 Å². The zero-order valence-corrected chi connectivity index (χ0v) is 8.04. The van der Waals surface area contributed by atoms with Gasteiger partial charge >= 0.3 is 0 Å². The Hall–Kier alpha value is -0.530. The number of nitrogens with zero attached hydrogens (tertiary/aromatic N) is 1. The lowest BCUT2D eigenvalue weighted by molar-refractivity contribution is -0.0360. The molecule has 3 saturated carbocycles. The van der Waals surface area contributed by atoms with Gasteiger partial charge in [0, 0.05) is 5.92 Å². The van der Waals surface area contributed by atoms with E-state index < -0.39 is 0 Å². The molecule has 0 spiro atoms. The molecule has 0 saturated heterocycles. The van der Waals surface area contributed by atoms with E-state index in [0.29, 0.717) is 17.3 Å². The molecule has 1 N–H and O–H groups in total. The number of rotatable bonds is 0. The molecular formula is C10H17NO. The molecule has 0 radical (unpaired) electrons. The van der Waals surface area contributed by atoms with Crippen LogP contribution in [-0.2, 0) is 0 Å². The second-order valence-corrected chi connectivity index (χ2v) is 4.99. The normalized spacial score (nSPS) is 47.2. The summed E-state index contributed by atoms with van der Waals surface area (Å²) in [6.45, 7) is 6.87. The van der Waals surface area contributed by atoms with Gasteiger partial charge in [0.2, 0.25) is 0 Å². The smallest absolute Gasteiger partial charge is 0.0609 e. The van der Waals surface area contributed by atoms with Crippen LogP contribution in [0.2, 0.25) is 0 Å². The Morgan fingerprint density at radius 3 is 2.58 bits per heavy atom. The molecule has 2 heteroatoms. The molecular weight excluding hydrogens is 150 g/mol. The van der Waals surface area contributed by atoms with Crippen molar-refractivity contribution in [2.75, 3.05) is 0 Å². The van der Waals surface area contributed by atoms with Crippen LogP contribution >= 0.6 is 0 Å². The minimum absolute atomic E-state index is 0.388. The summed E-state index contributed by atoms with van der Waals surface area (Å²) >= 11 is 0. The Morgan fingerprint density at radius 1 is 1.50 bits per heavy atom. The average Bonchev–Trinajstić information content (AvgIpc) is 2.02. The van der Waals surface area contributed by atoms with Gasteiger partial charge in [-0.05, 0) is 30.1 Å². The van der Waals surface area contributed by atoms with Crippen LogP contribution < -0.4 is 0 Å². The highest BCUT2D eigenvalue weighted by Gasteiger charge is 2.56. The van der Waals surface area contributed by atoms with Crippen LogP contribution in [-0.4, -0.2) is 10.9 Å². The van der Waals surface area contributed by atoms with Gasteiger partial charge in [0.15, 0.2) is 0 Å². The minimum atomic E-state index is 0.388. The maximum atomic E-state index is 8.82. The van der Waals surface area contributed by atoms with Gasteiger partial charge in [-0.2, -0.15) is 0 Å². The molecule has 68 valence electrons. The fraction of sp³-hybridized carbons (Fsp3) is 0.900. The van der Waals surface area contributed by atoms with Crippen LogP contribution in [0.5, 0.6) is 0 Å². The number of oxime groups is 1. The zero-order chi connectivity index (χ0) is 8.93. The molecule has 3 rings (SSSR count). The molecule has 12 heavy (non-hydrogen) atoms. The van der Waals surface area contributed by atoms with Crippen LogP contribution in [0.3, 0.4) is 0 Å². The first-order valence-corrected chi connectivity index (χ1v) is 4.78. The SMILES string of the molecule is CC1CC(=NO)C2CC1C2(C)C. The summed E-state index contributed by atoms with van der Waals surface area (Å²) in [7, 11) is 0. The maximum Gasteiger partial charge on any atom is 0.0609 e. The van der Waals surface area contributed by atoms with E-state index >= 15 is 0 Å². The summed E-state index contributed by atoms with van der Waals surface area (Å²) in [5.74, 6) is 2.12. The molecule has 0 aromatic rings. The van der Waals surface area contributed by atoms with Gasteiger partial charge in [0.25, 0.3) is 0 Å². The van der Waals surface area contributed by atoms with E-state index in [1.165, 1.54) is 6.42 Å². The Kier molecular flexibility index (Phi) is 1.51. The lowest BCUT2D eigenvalue weighted by Crippen LogP contribution is -2.56. The van der Waals surface area contributed by atoms with Gasteiger partial charge < -0.3 is 5.21 Å². The highest BCUT2D eigenvalue weighted by Crippen LogP contribution is 2.59. The third-order valence-corrected chi connectivity index (χ3v) is 4.09. The first-order chi connectivity index (χ1) is 5.57. The van der Waals surface area contributed by atoms with Gasteiger partial charge in [-0.3, -0.25) is 0 Å². The standard InChI is InChI=1S/C10H17NO/c1-6-4-9(11-12)8-5-7(6)10(8,2)3/h6-8,12H,4-5H2,1-3H3. The van der Waals surface area contributed by atoms with Gasteiger partial charge in [0.1, 0.15) is 0 Å². The lowest BCUT2D eigenvalue weighted by Gasteiger charge is -2.59. The van der Waals surface area contributed by atoms with Crippen molar-refractivity contribution in [3.8, 4) is 0 Å². The molecule has 3 aliphatic rings. The van der Waals surface area contributed by atoms with Crippen molar-refractivity contribution < 1.29 is 5.21 Å². The molecule has 2 nitrogen and oxygen atoms in total. The predicted molar refractivity (Wildman–Crippen MR) is 48.4 cm³/mol. The summed E-state index contributed by atoms with van der Waals surface area (Å²) in [5, 5.41) is 12.3. The van der Waals surface area contributed by atoms with E-state index in [0.717, 1.165) is 18.1 Å². The Bertz CT molecular complexity index is 232. The Morgan fingerprint density at radius 2 is 2.17 bits per heavy atom. The molecule has 0 aliphatic heterocycles. The van der Waals surface area contributed by atoms with Gasteiger partial charge in [-0.15, -0.1) is 0 Å². The summed E-state index contributed by atoms with van der Waals surface area (Å²) in [6.07, 6.45) is 2.25. The molecule has 2 bridgehead atoms. The number of hydrogen-bond acceptors (Lipinski definition) is 2. The topological polar surface area (TPSA) is 32.6 Å². The van der Waals surface area contributed by atoms with Gasteiger partial charge in [-0.1, -0.05) is 25.9 Å². The highest BCUT2D eigenvalue weighted by atomic mass is 16.4. The molecule has 3 atom stereocenters. The first kappa shape index (κ1) is 8.09. The quantitative estimate of drug-likeness (QED) is 0.436. The third-order valence-electron chi connectivity index (χ3n) is 4.09. The van der Waals surface area contributed by atoms with E-state index in [1.54, 1.807) is 0 Å². The van der Waals surface area contributed by atoms with E-state index in [4.69, 9.17) is 5.21 Å². The summed E-state index contributed by atoms with van der Waals surface area (Å²) < 4.78 is 0. The minimum Gasteiger partial charge on any atom is -0.411 e.